The molecule has 1 N–H and O–H groups in total. The van der Waals surface area contributed by atoms with E-state index in [1.807, 2.05) is 34.5 Å². The highest BCUT2D eigenvalue weighted by Crippen LogP contribution is 2.33. The van der Waals surface area contributed by atoms with Crippen LogP contribution in [-0.2, 0) is 20.9 Å². The molecule has 3 heterocycles. The average molecular weight is 458 g/mol. The van der Waals surface area contributed by atoms with Gasteiger partial charge in [-0.3, -0.25) is 9.78 Å². The summed E-state index contributed by atoms with van der Waals surface area (Å²) in [4.78, 5) is 28.4. The molecule has 0 aromatic carbocycles. The van der Waals surface area contributed by atoms with Crippen LogP contribution in [0.15, 0.2) is 42.0 Å². The third-order valence-corrected chi connectivity index (χ3v) is 5.84. The minimum atomic E-state index is -5.08. The smallest absolute Gasteiger partial charge is 0.475 e. The van der Waals surface area contributed by atoms with Gasteiger partial charge in [0, 0.05) is 18.9 Å². The number of aliphatic carboxylic acids is 1. The highest BCUT2D eigenvalue weighted by Gasteiger charge is 2.45. The van der Waals surface area contributed by atoms with E-state index in [0.717, 1.165) is 23.3 Å². The number of alkyl halides is 3. The first-order valence-corrected chi connectivity index (χ1v) is 10.4. The summed E-state index contributed by atoms with van der Waals surface area (Å²) in [6.45, 7) is 1.79. The molecule has 31 heavy (non-hydrogen) atoms. The number of halogens is 3. The molecular formula is C20H21F3N2O5S. The fourth-order valence-electron chi connectivity index (χ4n) is 3.57. The second-order valence-corrected chi connectivity index (χ2v) is 7.91. The van der Waals surface area contributed by atoms with Gasteiger partial charge in [-0.1, -0.05) is 6.07 Å². The van der Waals surface area contributed by atoms with Gasteiger partial charge < -0.3 is 19.5 Å². The number of carbonyl (C=O) groups is 2. The Hall–Kier alpha value is -2.50. The Bertz CT molecular complexity index is 863. The van der Waals surface area contributed by atoms with E-state index < -0.39 is 12.1 Å². The molecule has 4 rings (SSSR count). The SMILES string of the molecule is O=C(O)C(F)(F)F.O=C(c1cccs1)N1CCO[C@H]2[C@H](OCc3ccncc3)CC[C@@H]21. The van der Waals surface area contributed by atoms with Gasteiger partial charge in [0.15, 0.2) is 0 Å². The zero-order valence-electron chi connectivity index (χ0n) is 16.3. The van der Waals surface area contributed by atoms with Gasteiger partial charge in [-0.05, 0) is 42.0 Å². The Morgan fingerprint density at radius 3 is 2.58 bits per heavy atom. The molecule has 1 amide bonds. The van der Waals surface area contributed by atoms with Crippen LogP contribution in [0.2, 0.25) is 0 Å². The molecule has 0 unspecified atom stereocenters. The summed E-state index contributed by atoms with van der Waals surface area (Å²) in [6.07, 6.45) is 0.340. The third kappa shape index (κ3) is 6.02. The number of carboxylic acids is 1. The Labute approximate surface area is 180 Å². The average Bonchev–Trinajstić information content (AvgIpc) is 3.42. The maximum Gasteiger partial charge on any atom is 0.490 e. The molecule has 0 bridgehead atoms. The predicted octanol–water partition coefficient (Wildman–Crippen LogP) is 3.37. The molecule has 2 aromatic rings. The molecule has 1 aliphatic heterocycles. The van der Waals surface area contributed by atoms with Crippen molar-refractivity contribution in [3.63, 3.8) is 0 Å². The molecule has 0 radical (unpaired) electrons. The first kappa shape index (κ1) is 23.2. The van der Waals surface area contributed by atoms with Crippen molar-refractivity contribution in [2.24, 2.45) is 0 Å². The number of hydrogen-bond acceptors (Lipinski definition) is 6. The predicted molar refractivity (Wildman–Crippen MR) is 105 cm³/mol. The highest BCUT2D eigenvalue weighted by atomic mass is 32.1. The van der Waals surface area contributed by atoms with Crippen molar-refractivity contribution >= 4 is 23.2 Å². The quantitative estimate of drug-likeness (QED) is 0.756. The lowest BCUT2D eigenvalue weighted by Crippen LogP contribution is -2.53. The van der Waals surface area contributed by atoms with E-state index in [-0.39, 0.29) is 24.2 Å². The van der Waals surface area contributed by atoms with Crippen molar-refractivity contribution in [2.75, 3.05) is 13.2 Å². The van der Waals surface area contributed by atoms with Crippen LogP contribution in [0.1, 0.15) is 28.1 Å². The first-order chi connectivity index (χ1) is 14.8. The number of hydrogen-bond donors (Lipinski definition) is 1. The molecule has 7 nitrogen and oxygen atoms in total. The van der Waals surface area contributed by atoms with Gasteiger partial charge in [-0.25, -0.2) is 4.79 Å². The van der Waals surface area contributed by atoms with Crippen molar-refractivity contribution in [3.05, 3.63) is 52.5 Å². The number of fused-ring (bicyclic) bond motifs is 1. The summed E-state index contributed by atoms with van der Waals surface area (Å²) in [5, 5.41) is 9.07. The Balaban J connectivity index is 0.000000339. The topological polar surface area (TPSA) is 89.0 Å². The highest BCUT2D eigenvalue weighted by molar-refractivity contribution is 7.12. The molecule has 3 atom stereocenters. The maximum absolute atomic E-state index is 12.7. The van der Waals surface area contributed by atoms with Crippen LogP contribution in [-0.4, -0.2) is 64.4 Å². The summed E-state index contributed by atoms with van der Waals surface area (Å²) < 4.78 is 43.8. The van der Waals surface area contributed by atoms with E-state index in [0.29, 0.717) is 19.8 Å². The van der Waals surface area contributed by atoms with E-state index in [9.17, 15) is 18.0 Å². The Morgan fingerprint density at radius 1 is 1.26 bits per heavy atom. The monoisotopic (exact) mass is 458 g/mol. The zero-order chi connectivity index (χ0) is 22.4. The van der Waals surface area contributed by atoms with Crippen LogP contribution >= 0.6 is 11.3 Å². The molecule has 2 fully saturated rings. The normalized spacial score (nSPS) is 22.9. The number of carboxylic acid groups (broad SMARTS) is 1. The second kappa shape index (κ2) is 10.2. The fraction of sp³-hybridized carbons (Fsp3) is 0.450. The number of morpholine rings is 1. The minimum absolute atomic E-state index is 0.0236. The van der Waals surface area contributed by atoms with Gasteiger partial charge >= 0.3 is 12.1 Å². The fourth-order valence-corrected chi connectivity index (χ4v) is 4.25. The van der Waals surface area contributed by atoms with Crippen molar-refractivity contribution in [3.8, 4) is 0 Å². The summed E-state index contributed by atoms with van der Waals surface area (Å²) in [6, 6.07) is 7.85. The minimum Gasteiger partial charge on any atom is -0.475 e. The summed E-state index contributed by atoms with van der Waals surface area (Å²) in [7, 11) is 0. The van der Waals surface area contributed by atoms with Crippen molar-refractivity contribution in [1.82, 2.24) is 9.88 Å². The number of amides is 1. The molecule has 0 spiro atoms. The largest absolute Gasteiger partial charge is 0.490 e. The lowest BCUT2D eigenvalue weighted by atomic mass is 10.1. The van der Waals surface area contributed by atoms with Crippen LogP contribution in [0.4, 0.5) is 13.2 Å². The van der Waals surface area contributed by atoms with E-state index in [1.165, 1.54) is 11.3 Å². The molecular weight excluding hydrogens is 437 g/mol. The number of pyridine rings is 1. The molecule has 1 aliphatic carbocycles. The molecule has 2 aromatic heterocycles. The van der Waals surface area contributed by atoms with Crippen molar-refractivity contribution in [1.29, 1.82) is 0 Å². The second-order valence-electron chi connectivity index (χ2n) is 6.96. The van der Waals surface area contributed by atoms with Gasteiger partial charge in [0.2, 0.25) is 0 Å². The number of nitrogens with zero attached hydrogens (tertiary/aromatic N) is 2. The van der Waals surface area contributed by atoms with Gasteiger partial charge in [-0.2, -0.15) is 13.2 Å². The molecule has 1 saturated heterocycles. The van der Waals surface area contributed by atoms with Gasteiger partial charge in [0.25, 0.3) is 5.91 Å². The van der Waals surface area contributed by atoms with Crippen LogP contribution in [0.5, 0.6) is 0 Å². The Kier molecular flexibility index (Phi) is 7.63. The van der Waals surface area contributed by atoms with Crippen LogP contribution in [0.25, 0.3) is 0 Å². The van der Waals surface area contributed by atoms with E-state index >= 15 is 0 Å². The number of aromatic nitrogens is 1. The summed E-state index contributed by atoms with van der Waals surface area (Å²) in [5.41, 5.74) is 1.11. The lowest BCUT2D eigenvalue weighted by molar-refractivity contribution is -0.192. The van der Waals surface area contributed by atoms with Crippen molar-refractivity contribution in [2.45, 2.75) is 43.9 Å². The van der Waals surface area contributed by atoms with Gasteiger partial charge in [0.1, 0.15) is 6.10 Å². The standard InChI is InChI=1S/C18H20N2O3S.C2HF3O2/c21-18(16-2-1-11-24-16)20-9-10-22-17-14(20)3-4-15(17)23-12-13-5-7-19-8-6-13;3-2(4,5)1(6)7/h1-2,5-8,11,14-15,17H,3-4,9-10,12H2;(H,6,7)/t14-,15+,17+;/m0./s1. The molecule has 1 saturated carbocycles. The van der Waals surface area contributed by atoms with Gasteiger partial charge in [-0.15, -0.1) is 11.3 Å². The van der Waals surface area contributed by atoms with E-state index in [1.54, 1.807) is 12.4 Å². The summed E-state index contributed by atoms with van der Waals surface area (Å²) in [5.74, 6) is -2.63. The Morgan fingerprint density at radius 2 is 1.97 bits per heavy atom. The summed E-state index contributed by atoms with van der Waals surface area (Å²) >= 11 is 1.50. The molecule has 168 valence electrons. The zero-order valence-corrected chi connectivity index (χ0v) is 17.1. The number of thiophene rings is 1. The van der Waals surface area contributed by atoms with Crippen LogP contribution in [0, 0.1) is 0 Å². The van der Waals surface area contributed by atoms with Crippen LogP contribution in [0.3, 0.4) is 0 Å². The van der Waals surface area contributed by atoms with Crippen molar-refractivity contribution < 1.29 is 37.3 Å². The lowest BCUT2D eigenvalue weighted by Gasteiger charge is -2.38. The number of ether oxygens (including phenoxy) is 2. The van der Waals surface area contributed by atoms with E-state index in [2.05, 4.69) is 4.98 Å². The third-order valence-electron chi connectivity index (χ3n) is 4.98. The number of rotatable bonds is 4. The van der Waals surface area contributed by atoms with Gasteiger partial charge in [0.05, 0.1) is 30.2 Å². The van der Waals surface area contributed by atoms with Crippen LogP contribution < -0.4 is 0 Å². The molecule has 11 heteroatoms. The maximum atomic E-state index is 12.7. The number of carbonyl (C=O) groups excluding carboxylic acids is 1. The first-order valence-electron chi connectivity index (χ1n) is 9.54. The van der Waals surface area contributed by atoms with E-state index in [4.69, 9.17) is 19.4 Å². The molecule has 2 aliphatic rings.